The maximum absolute atomic E-state index is 12.1. The highest BCUT2D eigenvalue weighted by molar-refractivity contribution is 6.19. The number of esters is 1. The maximum Gasteiger partial charge on any atom is 0.309 e. The highest BCUT2D eigenvalue weighted by Crippen LogP contribution is 2.36. The Kier molecular flexibility index (Phi) is 8.10. The lowest BCUT2D eigenvalue weighted by Gasteiger charge is -2.25. The molecule has 0 radical (unpaired) electrons. The zero-order chi connectivity index (χ0) is 17.4. The summed E-state index contributed by atoms with van der Waals surface area (Å²) in [6.07, 6.45) is 0.903. The summed E-state index contributed by atoms with van der Waals surface area (Å²) in [5.41, 5.74) is 0.356. The van der Waals surface area contributed by atoms with Gasteiger partial charge in [-0.05, 0) is 31.9 Å². The van der Waals surface area contributed by atoms with E-state index in [0.717, 1.165) is 5.56 Å². The van der Waals surface area contributed by atoms with Crippen molar-refractivity contribution in [1.82, 2.24) is 0 Å². The molecule has 1 rings (SSSR count). The van der Waals surface area contributed by atoms with Gasteiger partial charge in [-0.3, -0.25) is 4.79 Å². The van der Waals surface area contributed by atoms with Crippen molar-refractivity contribution in [2.24, 2.45) is 5.92 Å². The number of alkyl halides is 1. The van der Waals surface area contributed by atoms with E-state index in [1.807, 2.05) is 31.2 Å². The third kappa shape index (κ3) is 5.87. The average Bonchev–Trinajstić information content (AvgIpc) is 2.52. The van der Waals surface area contributed by atoms with Gasteiger partial charge in [0.15, 0.2) is 5.56 Å². The first-order valence-electron chi connectivity index (χ1n) is 7.96. The van der Waals surface area contributed by atoms with Gasteiger partial charge in [-0.15, -0.1) is 0 Å². The molecular weight excluding hydrogens is 316 g/mol. The van der Waals surface area contributed by atoms with Gasteiger partial charge >= 0.3 is 5.97 Å². The highest BCUT2D eigenvalue weighted by Gasteiger charge is 2.30. The summed E-state index contributed by atoms with van der Waals surface area (Å²) in [5, 5.41) is 0. The first-order valence-corrected chi connectivity index (χ1v) is 8.40. The molecule has 0 saturated heterocycles. The molecule has 5 heteroatoms. The number of Topliss-reactive ketones (excluding diaryl/α,β-unsaturated/α-hetero) is 1. The summed E-state index contributed by atoms with van der Waals surface area (Å²) in [7, 11) is 0. The van der Waals surface area contributed by atoms with Gasteiger partial charge in [0.25, 0.3) is 0 Å². The number of halogens is 1. The van der Waals surface area contributed by atoms with E-state index in [1.54, 1.807) is 13.8 Å². The number of hydrogen-bond acceptors (Lipinski definition) is 4. The van der Waals surface area contributed by atoms with Gasteiger partial charge in [0.1, 0.15) is 11.5 Å². The van der Waals surface area contributed by atoms with Gasteiger partial charge in [0.05, 0.1) is 12.5 Å². The van der Waals surface area contributed by atoms with Crippen LogP contribution in [-0.4, -0.2) is 23.9 Å². The van der Waals surface area contributed by atoms with Gasteiger partial charge in [-0.2, -0.15) is 0 Å². The third-order valence-corrected chi connectivity index (χ3v) is 4.06. The number of hydrogen-bond donors (Lipinski definition) is 0. The lowest BCUT2D eigenvalue weighted by molar-refractivity contribution is -0.148. The Labute approximate surface area is 143 Å². The molecule has 1 aromatic rings. The summed E-state index contributed by atoms with van der Waals surface area (Å²) in [6.45, 7) is 7.30. The highest BCUT2D eigenvalue weighted by atomic mass is 35.5. The number of para-hydroxylation sites is 1. The quantitative estimate of drug-likeness (QED) is 0.496. The normalized spacial score (nSPS) is 14.7. The van der Waals surface area contributed by atoms with Crippen molar-refractivity contribution in [2.75, 3.05) is 6.61 Å². The minimum Gasteiger partial charge on any atom is -0.474 e. The van der Waals surface area contributed by atoms with E-state index in [1.165, 1.54) is 6.92 Å². The van der Waals surface area contributed by atoms with Crippen molar-refractivity contribution in [3.05, 3.63) is 29.8 Å². The molecule has 0 spiro atoms. The molecule has 0 saturated carbocycles. The van der Waals surface area contributed by atoms with Crippen molar-refractivity contribution >= 4 is 23.4 Å². The fourth-order valence-corrected chi connectivity index (χ4v) is 2.51. The van der Waals surface area contributed by atoms with Crippen molar-refractivity contribution in [1.29, 1.82) is 0 Å². The van der Waals surface area contributed by atoms with E-state index in [9.17, 15) is 9.59 Å². The molecule has 3 unspecified atom stereocenters. The fraction of sp³-hybridized carbons (Fsp3) is 0.556. The number of rotatable bonds is 9. The first kappa shape index (κ1) is 19.5. The van der Waals surface area contributed by atoms with Gasteiger partial charge < -0.3 is 14.3 Å². The number of benzene rings is 1. The van der Waals surface area contributed by atoms with Crippen molar-refractivity contribution < 1.29 is 19.1 Å². The molecule has 4 nitrogen and oxygen atoms in total. The Morgan fingerprint density at radius 2 is 1.87 bits per heavy atom. The van der Waals surface area contributed by atoms with Crippen LogP contribution in [0.25, 0.3) is 0 Å². The molecule has 128 valence electrons. The second kappa shape index (κ2) is 9.56. The van der Waals surface area contributed by atoms with Crippen LogP contribution in [0.5, 0.6) is 5.75 Å². The van der Waals surface area contributed by atoms with Crippen LogP contribution >= 0.6 is 11.6 Å². The van der Waals surface area contributed by atoms with Crippen LogP contribution in [-0.2, 0) is 14.3 Å². The minimum atomic E-state index is -0.452. The molecule has 0 aliphatic heterocycles. The fourth-order valence-electron chi connectivity index (χ4n) is 2.42. The Hall–Kier alpha value is -1.55. The van der Waals surface area contributed by atoms with E-state index in [4.69, 9.17) is 21.1 Å². The predicted molar refractivity (Wildman–Crippen MR) is 90.8 cm³/mol. The van der Waals surface area contributed by atoms with Crippen molar-refractivity contribution in [3.63, 3.8) is 0 Å². The van der Waals surface area contributed by atoms with E-state index in [-0.39, 0.29) is 24.1 Å². The lowest BCUT2D eigenvalue weighted by atomic mass is 9.83. The lowest BCUT2D eigenvalue weighted by Crippen LogP contribution is -2.24. The van der Waals surface area contributed by atoms with Crippen LogP contribution in [0.1, 0.15) is 52.0 Å². The largest absolute Gasteiger partial charge is 0.474 e. The van der Waals surface area contributed by atoms with Crippen LogP contribution in [0.4, 0.5) is 0 Å². The third-order valence-electron chi connectivity index (χ3n) is 3.66. The zero-order valence-corrected chi connectivity index (χ0v) is 14.9. The molecule has 23 heavy (non-hydrogen) atoms. The molecule has 0 N–H and O–H groups in total. The van der Waals surface area contributed by atoms with E-state index in [2.05, 4.69) is 0 Å². The standard InChI is InChI=1S/C18H25ClO4/c1-5-17(19)23-16-10-8-7-9-14(16)15(11-12(3)20)13(4)18(21)22-6-2/h7-10,13,15,17H,5-6,11H2,1-4H3. The molecule has 0 fully saturated rings. The van der Waals surface area contributed by atoms with E-state index >= 15 is 0 Å². The maximum atomic E-state index is 12.1. The molecule has 0 aliphatic rings. The monoisotopic (exact) mass is 340 g/mol. The first-order chi connectivity index (χ1) is 10.9. The SMILES string of the molecule is CCOC(=O)C(C)C(CC(C)=O)c1ccccc1OC(Cl)CC. The Bertz CT molecular complexity index is 530. The van der Waals surface area contributed by atoms with Crippen LogP contribution < -0.4 is 4.74 Å². The molecule has 0 bridgehead atoms. The molecule has 0 aromatic heterocycles. The summed E-state index contributed by atoms with van der Waals surface area (Å²) < 4.78 is 10.9. The Morgan fingerprint density at radius 1 is 1.22 bits per heavy atom. The molecule has 3 atom stereocenters. The van der Waals surface area contributed by atoms with Crippen LogP contribution in [0.2, 0.25) is 0 Å². The topological polar surface area (TPSA) is 52.6 Å². The second-order valence-corrected chi connectivity index (χ2v) is 6.01. The second-order valence-electron chi connectivity index (χ2n) is 5.53. The molecule has 1 aromatic carbocycles. The smallest absolute Gasteiger partial charge is 0.309 e. The summed E-state index contributed by atoms with van der Waals surface area (Å²) in [5.74, 6) is -0.440. The molecule has 0 amide bonds. The van der Waals surface area contributed by atoms with Crippen LogP contribution in [0, 0.1) is 5.92 Å². The number of carbonyl (C=O) groups excluding carboxylic acids is 2. The molecule has 0 heterocycles. The number of ether oxygens (including phenoxy) is 2. The van der Waals surface area contributed by atoms with Gasteiger partial charge in [-0.1, -0.05) is 43.6 Å². The minimum absolute atomic E-state index is 0.0128. The van der Waals surface area contributed by atoms with E-state index < -0.39 is 11.5 Å². The Morgan fingerprint density at radius 3 is 2.43 bits per heavy atom. The Balaban J connectivity index is 3.16. The van der Waals surface area contributed by atoms with Gasteiger partial charge in [-0.25, -0.2) is 0 Å². The number of carbonyl (C=O) groups is 2. The average molecular weight is 341 g/mol. The molecule has 0 aliphatic carbocycles. The molecular formula is C18H25ClO4. The van der Waals surface area contributed by atoms with Crippen LogP contribution in [0.15, 0.2) is 24.3 Å². The van der Waals surface area contributed by atoms with Gasteiger partial charge in [0.2, 0.25) is 0 Å². The van der Waals surface area contributed by atoms with Crippen molar-refractivity contribution in [3.8, 4) is 5.75 Å². The predicted octanol–water partition coefficient (Wildman–Crippen LogP) is 4.30. The number of ketones is 1. The summed E-state index contributed by atoms with van der Waals surface area (Å²) >= 11 is 6.09. The van der Waals surface area contributed by atoms with Gasteiger partial charge in [0, 0.05) is 12.3 Å². The van der Waals surface area contributed by atoms with Crippen molar-refractivity contribution in [2.45, 2.75) is 52.0 Å². The summed E-state index contributed by atoms with van der Waals surface area (Å²) in [6, 6.07) is 7.39. The van der Waals surface area contributed by atoms with E-state index in [0.29, 0.717) is 18.8 Å². The zero-order valence-electron chi connectivity index (χ0n) is 14.2. The van der Waals surface area contributed by atoms with Crippen LogP contribution in [0.3, 0.4) is 0 Å². The summed E-state index contributed by atoms with van der Waals surface area (Å²) in [4.78, 5) is 23.8.